The molecule has 0 unspecified atom stereocenters. The van der Waals surface area contributed by atoms with E-state index in [1.54, 1.807) is 23.1 Å². The van der Waals surface area contributed by atoms with E-state index in [-0.39, 0.29) is 18.4 Å². The van der Waals surface area contributed by atoms with Crippen LogP contribution in [-0.2, 0) is 16.1 Å². The molecule has 2 aromatic rings. The van der Waals surface area contributed by atoms with Crippen molar-refractivity contribution in [1.82, 2.24) is 10.2 Å². The van der Waals surface area contributed by atoms with Crippen LogP contribution in [0.15, 0.2) is 46.9 Å². The van der Waals surface area contributed by atoms with Gasteiger partial charge in [-0.3, -0.25) is 9.59 Å². The number of rotatable bonds is 8. The minimum absolute atomic E-state index is 0.177. The van der Waals surface area contributed by atoms with Gasteiger partial charge in [0, 0.05) is 17.1 Å². The average Bonchev–Trinajstić information content (AvgIpc) is 2.65. The summed E-state index contributed by atoms with van der Waals surface area (Å²) < 4.78 is 6.41. The maximum Gasteiger partial charge on any atom is 0.261 e. The first-order valence-electron chi connectivity index (χ1n) is 10.2. The summed E-state index contributed by atoms with van der Waals surface area (Å²) in [5.74, 6) is 0.0726. The normalized spacial score (nSPS) is 12.2. The van der Waals surface area contributed by atoms with Crippen LogP contribution in [0.2, 0.25) is 5.02 Å². The number of carbonyl (C=O) groups is 2. The molecular weight excluding hydrogens is 480 g/mol. The van der Waals surface area contributed by atoms with Crippen LogP contribution in [0.25, 0.3) is 0 Å². The van der Waals surface area contributed by atoms with E-state index in [9.17, 15) is 9.59 Å². The maximum atomic E-state index is 13.2. The summed E-state index contributed by atoms with van der Waals surface area (Å²) in [6.45, 7) is 9.80. The van der Waals surface area contributed by atoms with Crippen molar-refractivity contribution in [2.24, 2.45) is 0 Å². The van der Waals surface area contributed by atoms with Gasteiger partial charge in [-0.05, 0) is 73.8 Å². The molecule has 0 saturated heterocycles. The van der Waals surface area contributed by atoms with Crippen molar-refractivity contribution >= 4 is 39.3 Å². The van der Waals surface area contributed by atoms with E-state index >= 15 is 0 Å². The minimum atomic E-state index is -0.607. The Labute approximate surface area is 198 Å². The molecule has 0 aliphatic rings. The van der Waals surface area contributed by atoms with Gasteiger partial charge in [-0.15, -0.1) is 0 Å². The van der Waals surface area contributed by atoms with Crippen LogP contribution in [0.1, 0.15) is 45.2 Å². The molecule has 2 aromatic carbocycles. The molecule has 168 valence electrons. The van der Waals surface area contributed by atoms with Gasteiger partial charge in [-0.25, -0.2) is 0 Å². The quantitative estimate of drug-likeness (QED) is 0.510. The van der Waals surface area contributed by atoms with E-state index in [0.29, 0.717) is 28.2 Å². The molecular formula is C24H30BrClN2O3. The topological polar surface area (TPSA) is 58.6 Å². The van der Waals surface area contributed by atoms with E-state index in [2.05, 4.69) is 21.2 Å². The van der Waals surface area contributed by atoms with Crippen molar-refractivity contribution in [3.63, 3.8) is 0 Å². The molecule has 0 aliphatic heterocycles. The van der Waals surface area contributed by atoms with Gasteiger partial charge in [0.2, 0.25) is 5.91 Å². The molecule has 7 heteroatoms. The van der Waals surface area contributed by atoms with Crippen molar-refractivity contribution in [2.75, 3.05) is 6.61 Å². The van der Waals surface area contributed by atoms with E-state index < -0.39 is 11.6 Å². The van der Waals surface area contributed by atoms with Crippen molar-refractivity contribution in [1.29, 1.82) is 0 Å². The lowest BCUT2D eigenvalue weighted by molar-refractivity contribution is -0.143. The van der Waals surface area contributed by atoms with Gasteiger partial charge in [0.1, 0.15) is 11.8 Å². The first-order chi connectivity index (χ1) is 14.5. The van der Waals surface area contributed by atoms with E-state index in [4.69, 9.17) is 16.3 Å². The van der Waals surface area contributed by atoms with Gasteiger partial charge in [0.05, 0.1) is 4.47 Å². The van der Waals surface area contributed by atoms with E-state index in [1.807, 2.05) is 58.9 Å². The number of carbonyl (C=O) groups excluding carboxylic acids is 2. The number of amides is 2. The minimum Gasteiger partial charge on any atom is -0.483 e. The number of nitrogens with one attached hydrogen (secondary N) is 1. The van der Waals surface area contributed by atoms with Crippen LogP contribution >= 0.6 is 27.5 Å². The molecule has 31 heavy (non-hydrogen) atoms. The molecule has 1 atom stereocenters. The van der Waals surface area contributed by atoms with Gasteiger partial charge < -0.3 is 15.0 Å². The Morgan fingerprint density at radius 2 is 1.90 bits per heavy atom. The summed E-state index contributed by atoms with van der Waals surface area (Å²) in [5, 5.41) is 3.56. The van der Waals surface area contributed by atoms with Gasteiger partial charge in [0.25, 0.3) is 5.91 Å². The fourth-order valence-corrected chi connectivity index (χ4v) is 3.99. The molecule has 0 saturated carbocycles. The molecule has 0 radical (unpaired) electrons. The summed E-state index contributed by atoms with van der Waals surface area (Å²) in [6, 6.07) is 12.4. The molecule has 0 bridgehead atoms. The van der Waals surface area contributed by atoms with Crippen molar-refractivity contribution in [2.45, 2.75) is 59.2 Å². The first-order valence-corrected chi connectivity index (χ1v) is 11.4. The van der Waals surface area contributed by atoms with Crippen LogP contribution in [0.5, 0.6) is 5.75 Å². The molecule has 0 aromatic heterocycles. The van der Waals surface area contributed by atoms with Gasteiger partial charge in [-0.2, -0.15) is 0 Å². The third kappa shape index (κ3) is 7.86. The van der Waals surface area contributed by atoms with E-state index in [1.165, 1.54) is 0 Å². The standard InChI is InChI=1S/C24H30BrClN2O3/c1-6-20(23(30)27-24(3,4)5)28(14-17-9-7-8-16(2)12-17)22(29)15-31-21-11-10-18(26)13-19(21)25/h7-13,20H,6,14-15H2,1-5H3,(H,27,30)/t20-/m0/s1. The zero-order valence-corrected chi connectivity index (χ0v) is 21.0. The van der Waals surface area contributed by atoms with Gasteiger partial charge in [-0.1, -0.05) is 48.4 Å². The van der Waals surface area contributed by atoms with Crippen molar-refractivity contribution in [3.8, 4) is 5.75 Å². The fourth-order valence-electron chi connectivity index (χ4n) is 3.19. The lowest BCUT2D eigenvalue weighted by atomic mass is 10.1. The highest BCUT2D eigenvalue weighted by atomic mass is 79.9. The Kier molecular flexibility index (Phi) is 8.95. The SMILES string of the molecule is CC[C@@H](C(=O)NC(C)(C)C)N(Cc1cccc(C)c1)C(=O)COc1ccc(Cl)cc1Br. The largest absolute Gasteiger partial charge is 0.483 e. The third-order valence-corrected chi connectivity index (χ3v) is 5.42. The second kappa shape index (κ2) is 11.0. The Morgan fingerprint density at radius 3 is 2.48 bits per heavy atom. The number of benzene rings is 2. The molecule has 0 aliphatic carbocycles. The third-order valence-electron chi connectivity index (χ3n) is 4.56. The molecule has 2 rings (SSSR count). The van der Waals surface area contributed by atoms with Gasteiger partial charge in [0.15, 0.2) is 6.61 Å². The Bertz CT molecular complexity index is 927. The number of hydrogen-bond acceptors (Lipinski definition) is 3. The maximum absolute atomic E-state index is 13.2. The number of aryl methyl sites for hydroxylation is 1. The molecule has 0 fully saturated rings. The Balaban J connectivity index is 2.26. The highest BCUT2D eigenvalue weighted by molar-refractivity contribution is 9.10. The zero-order chi connectivity index (χ0) is 23.2. The zero-order valence-electron chi connectivity index (χ0n) is 18.7. The average molecular weight is 510 g/mol. The second-order valence-electron chi connectivity index (χ2n) is 8.54. The van der Waals surface area contributed by atoms with E-state index in [0.717, 1.165) is 11.1 Å². The Morgan fingerprint density at radius 1 is 1.19 bits per heavy atom. The van der Waals surface area contributed by atoms with Gasteiger partial charge >= 0.3 is 0 Å². The number of ether oxygens (including phenoxy) is 1. The van der Waals surface area contributed by atoms with Crippen LogP contribution in [-0.4, -0.2) is 34.9 Å². The molecule has 0 spiro atoms. The fraction of sp³-hybridized carbons (Fsp3) is 0.417. The predicted molar refractivity (Wildman–Crippen MR) is 128 cm³/mol. The van der Waals surface area contributed by atoms with Crippen LogP contribution < -0.4 is 10.1 Å². The summed E-state index contributed by atoms with van der Waals surface area (Å²) in [6.07, 6.45) is 0.490. The Hall–Kier alpha value is -2.05. The molecule has 0 heterocycles. The molecule has 5 nitrogen and oxygen atoms in total. The number of hydrogen-bond donors (Lipinski definition) is 1. The van der Waals surface area contributed by atoms with Crippen LogP contribution in [0.4, 0.5) is 0 Å². The summed E-state index contributed by atoms with van der Waals surface area (Å²) in [7, 11) is 0. The lowest BCUT2D eigenvalue weighted by Crippen LogP contribution is -2.54. The molecule has 1 N–H and O–H groups in total. The predicted octanol–water partition coefficient (Wildman–Crippen LogP) is 5.51. The van der Waals surface area contributed by atoms with Crippen LogP contribution in [0.3, 0.4) is 0 Å². The first kappa shape index (κ1) is 25.2. The highest BCUT2D eigenvalue weighted by Gasteiger charge is 2.31. The summed E-state index contributed by atoms with van der Waals surface area (Å²) in [5.41, 5.74) is 1.66. The lowest BCUT2D eigenvalue weighted by Gasteiger charge is -2.33. The molecule has 2 amide bonds. The smallest absolute Gasteiger partial charge is 0.261 e. The van der Waals surface area contributed by atoms with Crippen molar-refractivity contribution in [3.05, 3.63) is 63.1 Å². The van der Waals surface area contributed by atoms with Crippen molar-refractivity contribution < 1.29 is 14.3 Å². The van der Waals surface area contributed by atoms with Crippen LogP contribution in [0, 0.1) is 6.92 Å². The monoisotopic (exact) mass is 508 g/mol. The summed E-state index contributed by atoms with van der Waals surface area (Å²) in [4.78, 5) is 27.8. The number of nitrogens with zero attached hydrogens (tertiary/aromatic N) is 1. The summed E-state index contributed by atoms with van der Waals surface area (Å²) >= 11 is 9.37. The second-order valence-corrected chi connectivity index (χ2v) is 9.83. The number of halogens is 2. The highest BCUT2D eigenvalue weighted by Crippen LogP contribution is 2.28.